The summed E-state index contributed by atoms with van der Waals surface area (Å²) in [5, 5.41) is 4.27. The van der Waals surface area contributed by atoms with Crippen LogP contribution in [0.3, 0.4) is 0 Å². The zero-order valence-corrected chi connectivity index (χ0v) is 16.5. The number of rotatable bonds is 6. The zero-order chi connectivity index (χ0) is 15.4. The second-order valence-corrected chi connectivity index (χ2v) is 8.32. The highest BCUT2D eigenvalue weighted by Crippen LogP contribution is 2.40. The van der Waals surface area contributed by atoms with Crippen LogP contribution in [0, 0.1) is 0 Å². The average molecular weight is 454 g/mol. The van der Waals surface area contributed by atoms with Gasteiger partial charge in [0.2, 0.25) is 0 Å². The van der Waals surface area contributed by atoms with E-state index >= 15 is 0 Å². The molecule has 0 saturated heterocycles. The van der Waals surface area contributed by atoms with E-state index in [1.54, 1.807) is 18.4 Å². The fraction of sp³-hybridized carbons (Fsp3) is 0.333. The lowest BCUT2D eigenvalue weighted by molar-refractivity contribution is 0.401. The summed E-state index contributed by atoms with van der Waals surface area (Å²) < 4.78 is 7.55. The van der Waals surface area contributed by atoms with Gasteiger partial charge in [-0.1, -0.05) is 18.5 Å². The first kappa shape index (κ1) is 17.3. The number of hydrogen-bond acceptors (Lipinski definition) is 3. The van der Waals surface area contributed by atoms with Crippen LogP contribution in [0.1, 0.15) is 29.8 Å². The van der Waals surface area contributed by atoms with Crippen LogP contribution in [0.15, 0.2) is 32.5 Å². The van der Waals surface area contributed by atoms with Crippen molar-refractivity contribution >= 4 is 54.8 Å². The standard InChI is InChI=1S/C15H16Br2ClNOS/c1-3-6-19-14(12-4-5-13(17)21-12)10-7-9(18)8-11(16)15(10)20-2/h4-5,7-8,14,19H,3,6H2,1-2H3. The van der Waals surface area contributed by atoms with E-state index in [0.29, 0.717) is 5.02 Å². The molecule has 1 atom stereocenters. The number of halogens is 3. The van der Waals surface area contributed by atoms with Crippen molar-refractivity contribution < 1.29 is 4.74 Å². The summed E-state index contributed by atoms with van der Waals surface area (Å²) in [7, 11) is 1.68. The topological polar surface area (TPSA) is 21.3 Å². The molecule has 6 heteroatoms. The average Bonchev–Trinajstić information content (AvgIpc) is 2.85. The van der Waals surface area contributed by atoms with Gasteiger partial charge in [0.25, 0.3) is 0 Å². The Hall–Kier alpha value is -0.0700. The van der Waals surface area contributed by atoms with Gasteiger partial charge in [0.15, 0.2) is 0 Å². The van der Waals surface area contributed by atoms with E-state index in [4.69, 9.17) is 16.3 Å². The number of ether oxygens (including phenoxy) is 1. The fourth-order valence-electron chi connectivity index (χ4n) is 2.15. The molecule has 1 aromatic carbocycles. The third-order valence-electron chi connectivity index (χ3n) is 3.03. The van der Waals surface area contributed by atoms with Crippen LogP contribution in [0.4, 0.5) is 0 Å². The van der Waals surface area contributed by atoms with E-state index in [2.05, 4.69) is 56.2 Å². The van der Waals surface area contributed by atoms with Crippen molar-refractivity contribution in [1.29, 1.82) is 0 Å². The Balaban J connectivity index is 2.50. The second kappa shape index (κ2) is 7.97. The second-order valence-electron chi connectivity index (χ2n) is 4.54. The molecule has 0 aliphatic heterocycles. The van der Waals surface area contributed by atoms with E-state index in [-0.39, 0.29) is 6.04 Å². The van der Waals surface area contributed by atoms with Gasteiger partial charge in [-0.15, -0.1) is 11.3 Å². The number of benzene rings is 1. The molecule has 2 nitrogen and oxygen atoms in total. The van der Waals surface area contributed by atoms with Crippen LogP contribution in [0.5, 0.6) is 5.75 Å². The lowest BCUT2D eigenvalue weighted by Gasteiger charge is -2.21. The van der Waals surface area contributed by atoms with Crippen LogP contribution in [-0.2, 0) is 0 Å². The summed E-state index contributed by atoms with van der Waals surface area (Å²) in [6, 6.07) is 8.06. The molecule has 0 saturated carbocycles. The summed E-state index contributed by atoms with van der Waals surface area (Å²) >= 11 is 15.0. The van der Waals surface area contributed by atoms with Gasteiger partial charge in [-0.05, 0) is 69.1 Å². The first-order valence-electron chi connectivity index (χ1n) is 6.58. The normalized spacial score (nSPS) is 12.4. The monoisotopic (exact) mass is 451 g/mol. The van der Waals surface area contributed by atoms with Gasteiger partial charge in [0.1, 0.15) is 5.75 Å². The van der Waals surface area contributed by atoms with Crippen molar-refractivity contribution in [3.63, 3.8) is 0 Å². The smallest absolute Gasteiger partial charge is 0.138 e. The SMILES string of the molecule is CCCNC(c1ccc(Br)s1)c1cc(Cl)cc(Br)c1OC. The maximum Gasteiger partial charge on any atom is 0.138 e. The Labute approximate surface area is 151 Å². The maximum atomic E-state index is 6.23. The highest BCUT2D eigenvalue weighted by Gasteiger charge is 2.21. The molecule has 1 aromatic heterocycles. The summed E-state index contributed by atoms with van der Waals surface area (Å²) in [4.78, 5) is 1.22. The number of methoxy groups -OCH3 is 1. The third-order valence-corrected chi connectivity index (χ3v) is 5.52. The van der Waals surface area contributed by atoms with E-state index < -0.39 is 0 Å². The number of hydrogen-bond donors (Lipinski definition) is 1. The highest BCUT2D eigenvalue weighted by molar-refractivity contribution is 9.11. The lowest BCUT2D eigenvalue weighted by atomic mass is 10.0. The zero-order valence-electron chi connectivity index (χ0n) is 11.8. The van der Waals surface area contributed by atoms with Gasteiger partial charge in [-0.2, -0.15) is 0 Å². The van der Waals surface area contributed by atoms with Crippen LogP contribution in [-0.4, -0.2) is 13.7 Å². The van der Waals surface area contributed by atoms with Gasteiger partial charge < -0.3 is 10.1 Å². The van der Waals surface area contributed by atoms with Crippen LogP contribution in [0.2, 0.25) is 5.02 Å². The van der Waals surface area contributed by atoms with Gasteiger partial charge >= 0.3 is 0 Å². The number of thiophene rings is 1. The van der Waals surface area contributed by atoms with Crippen molar-refractivity contribution in [2.45, 2.75) is 19.4 Å². The maximum absolute atomic E-state index is 6.23. The van der Waals surface area contributed by atoms with Crippen LogP contribution >= 0.6 is 54.8 Å². The van der Waals surface area contributed by atoms with Crippen LogP contribution < -0.4 is 10.1 Å². The van der Waals surface area contributed by atoms with Gasteiger partial charge in [0, 0.05) is 15.5 Å². The van der Waals surface area contributed by atoms with Gasteiger partial charge in [-0.25, -0.2) is 0 Å². The Morgan fingerprint density at radius 3 is 2.67 bits per heavy atom. The molecule has 1 unspecified atom stereocenters. The predicted octanol–water partition coefficient (Wildman–Crippen LogP) is 6.02. The van der Waals surface area contributed by atoms with Crippen molar-refractivity contribution in [1.82, 2.24) is 5.32 Å². The molecule has 0 aliphatic carbocycles. The first-order valence-corrected chi connectivity index (χ1v) is 9.36. The Bertz CT molecular complexity index is 618. The molecule has 0 spiro atoms. The predicted molar refractivity (Wildman–Crippen MR) is 97.9 cm³/mol. The molecule has 114 valence electrons. The van der Waals surface area contributed by atoms with E-state index in [9.17, 15) is 0 Å². The van der Waals surface area contributed by atoms with Gasteiger partial charge in [0.05, 0.1) is 21.4 Å². The summed E-state index contributed by atoms with van der Waals surface area (Å²) in [6.45, 7) is 3.08. The van der Waals surface area contributed by atoms with Crippen molar-refractivity contribution in [3.05, 3.63) is 48.0 Å². The lowest BCUT2D eigenvalue weighted by Crippen LogP contribution is -2.23. The van der Waals surface area contributed by atoms with Gasteiger partial charge in [-0.3, -0.25) is 0 Å². The van der Waals surface area contributed by atoms with E-state index in [0.717, 1.165) is 32.5 Å². The minimum atomic E-state index is 0.0613. The quantitative estimate of drug-likeness (QED) is 0.577. The Morgan fingerprint density at radius 2 is 2.10 bits per heavy atom. The molecule has 1 N–H and O–H groups in total. The van der Waals surface area contributed by atoms with Crippen molar-refractivity contribution in [3.8, 4) is 5.75 Å². The van der Waals surface area contributed by atoms with Crippen molar-refractivity contribution in [2.24, 2.45) is 0 Å². The molecule has 0 fully saturated rings. The number of nitrogens with one attached hydrogen (secondary N) is 1. The largest absolute Gasteiger partial charge is 0.495 e. The summed E-state index contributed by atoms with van der Waals surface area (Å²) in [6.07, 6.45) is 1.06. The highest BCUT2D eigenvalue weighted by atomic mass is 79.9. The van der Waals surface area contributed by atoms with Crippen molar-refractivity contribution in [2.75, 3.05) is 13.7 Å². The van der Waals surface area contributed by atoms with E-state index in [1.807, 2.05) is 12.1 Å². The molecule has 2 rings (SSSR count). The molecule has 0 radical (unpaired) electrons. The van der Waals surface area contributed by atoms with Crippen LogP contribution in [0.25, 0.3) is 0 Å². The fourth-order valence-corrected chi connectivity index (χ4v) is 4.66. The molecule has 0 aliphatic rings. The first-order chi connectivity index (χ1) is 10.1. The Morgan fingerprint density at radius 1 is 1.33 bits per heavy atom. The molecule has 1 heterocycles. The molecular weight excluding hydrogens is 437 g/mol. The molecule has 2 aromatic rings. The van der Waals surface area contributed by atoms with E-state index in [1.165, 1.54) is 4.88 Å². The third kappa shape index (κ3) is 4.23. The summed E-state index contributed by atoms with van der Waals surface area (Å²) in [5.41, 5.74) is 1.04. The summed E-state index contributed by atoms with van der Waals surface area (Å²) in [5.74, 6) is 0.817. The minimum Gasteiger partial charge on any atom is -0.495 e. The Kier molecular flexibility index (Phi) is 6.56. The minimum absolute atomic E-state index is 0.0613. The molecule has 21 heavy (non-hydrogen) atoms. The molecule has 0 amide bonds. The molecule has 0 bridgehead atoms. The molecular formula is C15H16Br2ClNOS.